The smallest absolute Gasteiger partial charge is 0.295 e. The summed E-state index contributed by atoms with van der Waals surface area (Å²) < 4.78 is 31.7. The summed E-state index contributed by atoms with van der Waals surface area (Å²) in [5, 5.41) is 11.1. The minimum atomic E-state index is -3.65. The second kappa shape index (κ2) is 10.2. The third-order valence-electron chi connectivity index (χ3n) is 5.38. The molecule has 176 valence electrons. The van der Waals surface area contributed by atoms with E-state index in [9.17, 15) is 23.1 Å². The number of hydrogen-bond acceptors (Lipinski definition) is 6. The van der Waals surface area contributed by atoms with E-state index in [1.165, 1.54) is 43.3 Å². The van der Waals surface area contributed by atoms with Gasteiger partial charge in [0.05, 0.1) is 16.5 Å². The Morgan fingerprint density at radius 3 is 2.24 bits per heavy atom. The van der Waals surface area contributed by atoms with Gasteiger partial charge in [0.2, 0.25) is 10.0 Å². The van der Waals surface area contributed by atoms with Crippen molar-refractivity contribution in [3.05, 3.63) is 69.7 Å². The van der Waals surface area contributed by atoms with E-state index in [0.717, 1.165) is 8.78 Å². The van der Waals surface area contributed by atoms with E-state index in [1.54, 1.807) is 31.4 Å². The second-order valence-corrected chi connectivity index (χ2v) is 10.8. The van der Waals surface area contributed by atoms with Gasteiger partial charge in [-0.3, -0.25) is 9.59 Å². The number of benzene rings is 2. The van der Waals surface area contributed by atoms with Crippen LogP contribution in [0.3, 0.4) is 0 Å². The third kappa shape index (κ3) is 5.03. The molecular weight excluding hydrogens is 512 g/mol. The SMILES string of the molecule is COCCCN1C(=O)C(=O)/C(=C(/O)c2ccc(S(=O)(=O)N(C)C)cc2)[C@H]1c1ccc(Br)cc1. The predicted octanol–water partition coefficient (Wildman–Crippen LogP) is 3.16. The normalized spacial score (nSPS) is 18.3. The van der Waals surface area contributed by atoms with Crippen LogP contribution < -0.4 is 0 Å². The van der Waals surface area contributed by atoms with Gasteiger partial charge in [-0.05, 0) is 48.4 Å². The maximum atomic E-state index is 13.0. The van der Waals surface area contributed by atoms with E-state index >= 15 is 0 Å². The van der Waals surface area contributed by atoms with Crippen LogP contribution in [0.4, 0.5) is 0 Å². The molecule has 1 heterocycles. The number of aliphatic hydroxyl groups is 1. The Morgan fingerprint density at radius 2 is 1.70 bits per heavy atom. The van der Waals surface area contributed by atoms with Gasteiger partial charge < -0.3 is 14.7 Å². The number of amides is 1. The Hall–Kier alpha value is -2.53. The maximum absolute atomic E-state index is 13.0. The fourth-order valence-corrected chi connectivity index (χ4v) is 4.80. The number of methoxy groups -OCH3 is 1. The van der Waals surface area contributed by atoms with Crippen molar-refractivity contribution in [1.82, 2.24) is 9.21 Å². The van der Waals surface area contributed by atoms with E-state index in [0.29, 0.717) is 18.6 Å². The molecule has 1 fully saturated rings. The largest absolute Gasteiger partial charge is 0.507 e. The molecule has 3 rings (SSSR count). The van der Waals surface area contributed by atoms with Crippen molar-refractivity contribution in [2.75, 3.05) is 34.4 Å². The zero-order valence-electron chi connectivity index (χ0n) is 18.5. The quantitative estimate of drug-likeness (QED) is 0.240. The molecule has 2 aromatic carbocycles. The van der Waals surface area contributed by atoms with Crippen molar-refractivity contribution in [2.45, 2.75) is 17.4 Å². The summed E-state index contributed by atoms with van der Waals surface area (Å²) in [6.07, 6.45) is 0.522. The molecule has 2 aromatic rings. The zero-order chi connectivity index (χ0) is 24.3. The van der Waals surface area contributed by atoms with Crippen LogP contribution >= 0.6 is 15.9 Å². The number of aliphatic hydroxyl groups excluding tert-OH is 1. The Morgan fingerprint density at radius 1 is 1.09 bits per heavy atom. The number of hydrogen-bond donors (Lipinski definition) is 1. The predicted molar refractivity (Wildman–Crippen MR) is 127 cm³/mol. The molecule has 8 nitrogen and oxygen atoms in total. The number of carbonyl (C=O) groups excluding carboxylic acids is 2. The van der Waals surface area contributed by atoms with Crippen LogP contribution in [0.1, 0.15) is 23.6 Å². The van der Waals surface area contributed by atoms with Gasteiger partial charge in [0.15, 0.2) is 0 Å². The molecule has 0 aliphatic carbocycles. The molecule has 33 heavy (non-hydrogen) atoms. The first-order valence-electron chi connectivity index (χ1n) is 10.2. The second-order valence-electron chi connectivity index (χ2n) is 7.70. The van der Waals surface area contributed by atoms with Crippen LogP contribution in [0.15, 0.2) is 63.5 Å². The summed E-state index contributed by atoms with van der Waals surface area (Å²) in [4.78, 5) is 27.3. The first kappa shape index (κ1) is 25.1. The van der Waals surface area contributed by atoms with Crippen molar-refractivity contribution in [1.29, 1.82) is 0 Å². The van der Waals surface area contributed by atoms with E-state index in [4.69, 9.17) is 4.74 Å². The van der Waals surface area contributed by atoms with Crippen molar-refractivity contribution < 1.29 is 27.9 Å². The molecule has 0 aromatic heterocycles. The Kier molecular flexibility index (Phi) is 7.73. The number of ether oxygens (including phenoxy) is 1. The summed E-state index contributed by atoms with van der Waals surface area (Å²) >= 11 is 3.38. The molecule has 1 aliphatic heterocycles. The van der Waals surface area contributed by atoms with Crippen molar-refractivity contribution >= 4 is 43.4 Å². The highest BCUT2D eigenvalue weighted by atomic mass is 79.9. The molecule has 0 unspecified atom stereocenters. The number of halogens is 1. The van der Waals surface area contributed by atoms with Crippen LogP contribution in [0.5, 0.6) is 0 Å². The minimum absolute atomic E-state index is 0.0389. The average molecular weight is 537 g/mol. The fraction of sp³-hybridized carbons (Fsp3) is 0.304. The van der Waals surface area contributed by atoms with Gasteiger partial charge in [0.25, 0.3) is 11.7 Å². The first-order chi connectivity index (χ1) is 15.6. The molecule has 1 atom stereocenters. The molecule has 1 N–H and O–H groups in total. The summed E-state index contributed by atoms with van der Waals surface area (Å²) in [5.41, 5.74) is 0.871. The van der Waals surface area contributed by atoms with Crippen LogP contribution in [0.2, 0.25) is 0 Å². The number of nitrogens with zero attached hydrogens (tertiary/aromatic N) is 2. The lowest BCUT2D eigenvalue weighted by Crippen LogP contribution is -2.31. The van der Waals surface area contributed by atoms with Crippen molar-refractivity contribution in [3.63, 3.8) is 0 Å². The van der Waals surface area contributed by atoms with E-state index < -0.39 is 27.8 Å². The van der Waals surface area contributed by atoms with E-state index in [2.05, 4.69) is 15.9 Å². The molecule has 1 amide bonds. The highest BCUT2D eigenvalue weighted by molar-refractivity contribution is 9.10. The average Bonchev–Trinajstić information content (AvgIpc) is 3.04. The van der Waals surface area contributed by atoms with E-state index in [-0.39, 0.29) is 28.3 Å². The lowest BCUT2D eigenvalue weighted by Gasteiger charge is -2.25. The number of carbonyl (C=O) groups is 2. The van der Waals surface area contributed by atoms with Gasteiger partial charge in [-0.2, -0.15) is 0 Å². The first-order valence-corrected chi connectivity index (χ1v) is 12.4. The van der Waals surface area contributed by atoms with Crippen LogP contribution in [0, 0.1) is 0 Å². The van der Waals surface area contributed by atoms with Gasteiger partial charge in [-0.1, -0.05) is 28.1 Å². The summed E-state index contributed by atoms with van der Waals surface area (Å²) in [5.74, 6) is -1.85. The Balaban J connectivity index is 2.09. The Labute approximate surface area is 201 Å². The van der Waals surface area contributed by atoms with Crippen LogP contribution in [0.25, 0.3) is 5.76 Å². The number of Topliss-reactive ketones (excluding diaryl/α,β-unsaturated/α-hetero) is 1. The molecule has 1 saturated heterocycles. The minimum Gasteiger partial charge on any atom is -0.507 e. The van der Waals surface area contributed by atoms with E-state index in [1.807, 2.05) is 0 Å². The third-order valence-corrected chi connectivity index (χ3v) is 7.74. The van der Waals surface area contributed by atoms with Gasteiger partial charge in [-0.25, -0.2) is 12.7 Å². The van der Waals surface area contributed by atoms with Gasteiger partial charge in [0.1, 0.15) is 5.76 Å². The molecule has 10 heteroatoms. The number of ketones is 1. The van der Waals surface area contributed by atoms with Crippen LogP contribution in [-0.4, -0.2) is 68.8 Å². The number of rotatable bonds is 8. The zero-order valence-corrected chi connectivity index (χ0v) is 20.9. The van der Waals surface area contributed by atoms with Crippen molar-refractivity contribution in [2.24, 2.45) is 0 Å². The molecule has 1 aliphatic rings. The topological polar surface area (TPSA) is 104 Å². The van der Waals surface area contributed by atoms with Gasteiger partial charge >= 0.3 is 0 Å². The lowest BCUT2D eigenvalue weighted by molar-refractivity contribution is -0.140. The summed E-state index contributed by atoms with van der Waals surface area (Å²) in [7, 11) is 0.755. The maximum Gasteiger partial charge on any atom is 0.295 e. The highest BCUT2D eigenvalue weighted by Gasteiger charge is 2.45. The monoisotopic (exact) mass is 536 g/mol. The molecule has 0 radical (unpaired) electrons. The van der Waals surface area contributed by atoms with Crippen molar-refractivity contribution in [3.8, 4) is 0 Å². The highest BCUT2D eigenvalue weighted by Crippen LogP contribution is 2.39. The fourth-order valence-electron chi connectivity index (χ4n) is 3.63. The molecule has 0 saturated carbocycles. The molecule has 0 spiro atoms. The number of sulfonamides is 1. The van der Waals surface area contributed by atoms with Gasteiger partial charge in [-0.15, -0.1) is 0 Å². The summed E-state index contributed by atoms with van der Waals surface area (Å²) in [6, 6.07) is 11.9. The summed E-state index contributed by atoms with van der Waals surface area (Å²) in [6.45, 7) is 0.688. The number of likely N-dealkylation sites (tertiary alicyclic amines) is 1. The molecular formula is C23H25BrN2O6S. The standard InChI is InChI=1S/C23H25BrN2O6S/c1-25(2)33(30,31)18-11-7-16(8-12-18)21(27)19-20(15-5-9-17(24)10-6-15)26(13-4-14-32-3)23(29)22(19)28/h5-12,20,27H,4,13-14H2,1-3H3/b21-19+/t20-/m1/s1. The van der Waals surface area contributed by atoms with Crippen LogP contribution in [-0.2, 0) is 24.3 Å². The molecule has 0 bridgehead atoms. The van der Waals surface area contributed by atoms with Gasteiger partial charge in [0, 0.05) is 44.4 Å². The lowest BCUT2D eigenvalue weighted by atomic mass is 9.95. The Bertz CT molecular complexity index is 1170.